The van der Waals surface area contributed by atoms with E-state index in [1.54, 1.807) is 0 Å². The second-order valence-electron chi connectivity index (χ2n) is 5.58. The largest absolute Gasteiger partial charge is 0.351 e. The molecule has 19 heavy (non-hydrogen) atoms. The first-order chi connectivity index (χ1) is 9.04. The molecule has 0 spiro atoms. The van der Waals surface area contributed by atoms with E-state index in [1.807, 2.05) is 24.3 Å². The number of hydrogen-bond donors (Lipinski definition) is 3. The van der Waals surface area contributed by atoms with Crippen LogP contribution in [0.1, 0.15) is 44.7 Å². The molecule has 0 bridgehead atoms. The molecule has 2 rings (SSSR count). The number of primary amides is 1. The lowest BCUT2D eigenvalue weighted by Crippen LogP contribution is -2.29. The third kappa shape index (κ3) is 4.56. The van der Waals surface area contributed by atoms with Gasteiger partial charge in [-0.2, -0.15) is 0 Å². The van der Waals surface area contributed by atoms with Crippen molar-refractivity contribution in [2.75, 3.05) is 5.32 Å². The predicted octanol–water partition coefficient (Wildman–Crippen LogP) is 3.02. The number of urea groups is 1. The fourth-order valence-corrected chi connectivity index (χ4v) is 2.44. The first-order valence-corrected chi connectivity index (χ1v) is 6.97. The smallest absolute Gasteiger partial charge is 0.316 e. The number of anilines is 1. The number of nitrogens with one attached hydrogen (secondary N) is 2. The number of nitrogens with two attached hydrogens (primary N) is 1. The van der Waals surface area contributed by atoms with Crippen LogP contribution in [0.2, 0.25) is 0 Å². The van der Waals surface area contributed by atoms with Crippen LogP contribution < -0.4 is 16.4 Å². The number of amides is 2. The summed E-state index contributed by atoms with van der Waals surface area (Å²) in [7, 11) is 0. The molecule has 0 saturated heterocycles. The zero-order chi connectivity index (χ0) is 13.8. The normalized spacial score (nSPS) is 17.8. The van der Waals surface area contributed by atoms with Crippen LogP contribution in [0.5, 0.6) is 0 Å². The van der Waals surface area contributed by atoms with Crippen LogP contribution in [0.4, 0.5) is 10.5 Å². The van der Waals surface area contributed by atoms with Crippen molar-refractivity contribution in [1.29, 1.82) is 0 Å². The van der Waals surface area contributed by atoms with Gasteiger partial charge in [-0.1, -0.05) is 25.0 Å². The summed E-state index contributed by atoms with van der Waals surface area (Å²) < 4.78 is 0. The van der Waals surface area contributed by atoms with Gasteiger partial charge in [0.15, 0.2) is 0 Å². The minimum atomic E-state index is -0.531. The Balaban J connectivity index is 1.87. The Hall–Kier alpha value is -1.55. The van der Waals surface area contributed by atoms with E-state index in [9.17, 15) is 4.79 Å². The Bertz CT molecular complexity index is 426. The van der Waals surface area contributed by atoms with Gasteiger partial charge in [0.05, 0.1) is 0 Å². The minimum absolute atomic E-state index is 0.316. The van der Waals surface area contributed by atoms with Gasteiger partial charge in [0, 0.05) is 17.8 Å². The molecule has 1 fully saturated rings. The van der Waals surface area contributed by atoms with Gasteiger partial charge >= 0.3 is 6.03 Å². The number of carbonyl (C=O) groups excluding carboxylic acids is 1. The Morgan fingerprint density at radius 3 is 2.47 bits per heavy atom. The molecule has 1 aromatic carbocycles. The van der Waals surface area contributed by atoms with Crippen LogP contribution in [-0.2, 0) is 0 Å². The fraction of sp³-hybridized carbons (Fsp3) is 0.533. The molecule has 4 heteroatoms. The summed E-state index contributed by atoms with van der Waals surface area (Å²) in [5.41, 5.74) is 7.03. The van der Waals surface area contributed by atoms with E-state index in [-0.39, 0.29) is 0 Å². The lowest BCUT2D eigenvalue weighted by atomic mass is 10.1. The maximum Gasteiger partial charge on any atom is 0.316 e. The van der Waals surface area contributed by atoms with Crippen LogP contribution in [0.25, 0.3) is 0 Å². The maximum atomic E-state index is 10.7. The van der Waals surface area contributed by atoms with Crippen molar-refractivity contribution in [3.63, 3.8) is 0 Å². The summed E-state index contributed by atoms with van der Waals surface area (Å²) in [6.45, 7) is 4.41. The molecule has 1 aromatic rings. The molecule has 0 aliphatic heterocycles. The van der Waals surface area contributed by atoms with E-state index >= 15 is 0 Å². The van der Waals surface area contributed by atoms with E-state index in [1.165, 1.54) is 24.8 Å². The molecular weight excluding hydrogens is 238 g/mol. The van der Waals surface area contributed by atoms with Crippen molar-refractivity contribution in [3.05, 3.63) is 29.8 Å². The molecule has 1 saturated carbocycles. The van der Waals surface area contributed by atoms with Gasteiger partial charge in [-0.25, -0.2) is 4.79 Å². The second kappa shape index (κ2) is 6.06. The van der Waals surface area contributed by atoms with Crippen LogP contribution >= 0.6 is 0 Å². The van der Waals surface area contributed by atoms with Crippen molar-refractivity contribution in [1.82, 2.24) is 5.32 Å². The molecule has 4 N–H and O–H groups in total. The highest BCUT2D eigenvalue weighted by molar-refractivity contribution is 5.87. The Morgan fingerprint density at radius 1 is 1.32 bits per heavy atom. The van der Waals surface area contributed by atoms with Crippen LogP contribution in [0, 0.1) is 5.92 Å². The Kier molecular flexibility index (Phi) is 4.43. The van der Waals surface area contributed by atoms with Crippen molar-refractivity contribution in [3.8, 4) is 0 Å². The summed E-state index contributed by atoms with van der Waals surface area (Å²) in [6, 6.07) is 8.13. The van der Waals surface area contributed by atoms with Crippen LogP contribution in [0.15, 0.2) is 24.3 Å². The summed E-state index contributed by atoms with van der Waals surface area (Å²) in [5, 5.41) is 6.18. The second-order valence-corrected chi connectivity index (χ2v) is 5.58. The van der Waals surface area contributed by atoms with Gasteiger partial charge in [-0.15, -0.1) is 0 Å². The summed E-state index contributed by atoms with van der Waals surface area (Å²) in [4.78, 5) is 10.7. The van der Waals surface area contributed by atoms with Crippen molar-refractivity contribution >= 4 is 11.7 Å². The van der Waals surface area contributed by atoms with Gasteiger partial charge in [-0.3, -0.25) is 0 Å². The molecule has 1 aliphatic carbocycles. The van der Waals surface area contributed by atoms with Gasteiger partial charge < -0.3 is 16.4 Å². The molecule has 2 atom stereocenters. The van der Waals surface area contributed by atoms with Crippen LogP contribution in [-0.4, -0.2) is 12.1 Å². The highest BCUT2D eigenvalue weighted by Gasteiger charge is 2.24. The zero-order valence-corrected chi connectivity index (χ0v) is 11.6. The van der Waals surface area contributed by atoms with Crippen molar-refractivity contribution < 1.29 is 4.79 Å². The van der Waals surface area contributed by atoms with Crippen LogP contribution in [0.3, 0.4) is 0 Å². The Morgan fingerprint density at radius 2 is 1.95 bits per heavy atom. The first-order valence-electron chi connectivity index (χ1n) is 6.97. The number of hydrogen-bond acceptors (Lipinski definition) is 2. The van der Waals surface area contributed by atoms with Gasteiger partial charge in [0.2, 0.25) is 0 Å². The van der Waals surface area contributed by atoms with E-state index in [4.69, 9.17) is 5.73 Å². The molecule has 1 aliphatic rings. The zero-order valence-electron chi connectivity index (χ0n) is 11.6. The lowest BCUT2D eigenvalue weighted by Gasteiger charge is -2.20. The molecule has 2 unspecified atom stereocenters. The van der Waals surface area contributed by atoms with E-state index in [0.717, 1.165) is 11.6 Å². The standard InChI is InChI=1S/C15H23N3O/c1-10(9-12-3-4-12)17-11(2)13-5-7-14(8-6-13)18-15(16)19/h5-8,10-12,17H,3-4,9H2,1-2H3,(H3,16,18,19). The monoisotopic (exact) mass is 261 g/mol. The summed E-state index contributed by atoms with van der Waals surface area (Å²) in [5.74, 6) is 0.942. The molecule has 0 radical (unpaired) electrons. The summed E-state index contributed by atoms with van der Waals surface area (Å²) >= 11 is 0. The Labute approximate surface area is 114 Å². The third-order valence-corrected chi connectivity index (χ3v) is 3.60. The molecule has 0 heterocycles. The van der Waals surface area contributed by atoms with Crippen molar-refractivity contribution in [2.24, 2.45) is 11.7 Å². The van der Waals surface area contributed by atoms with Gasteiger partial charge in [0.25, 0.3) is 0 Å². The molecule has 104 valence electrons. The highest BCUT2D eigenvalue weighted by Crippen LogP contribution is 2.33. The minimum Gasteiger partial charge on any atom is -0.351 e. The SMILES string of the molecule is CC(CC1CC1)NC(C)c1ccc(NC(N)=O)cc1. The average molecular weight is 261 g/mol. The third-order valence-electron chi connectivity index (χ3n) is 3.60. The highest BCUT2D eigenvalue weighted by atomic mass is 16.2. The molecular formula is C15H23N3O. The molecule has 0 aromatic heterocycles. The lowest BCUT2D eigenvalue weighted by molar-refractivity contribution is 0.259. The topological polar surface area (TPSA) is 67.2 Å². The average Bonchev–Trinajstić information content (AvgIpc) is 3.12. The number of benzene rings is 1. The number of carbonyl (C=O) groups is 1. The van der Waals surface area contributed by atoms with Crippen molar-refractivity contribution in [2.45, 2.75) is 45.2 Å². The van der Waals surface area contributed by atoms with E-state index in [0.29, 0.717) is 12.1 Å². The van der Waals surface area contributed by atoms with Gasteiger partial charge in [0.1, 0.15) is 0 Å². The first kappa shape index (κ1) is 13.9. The summed E-state index contributed by atoms with van der Waals surface area (Å²) in [6.07, 6.45) is 4.06. The fourth-order valence-electron chi connectivity index (χ4n) is 2.44. The quantitative estimate of drug-likeness (QED) is 0.737. The predicted molar refractivity (Wildman–Crippen MR) is 78.0 cm³/mol. The number of rotatable bonds is 6. The molecule has 4 nitrogen and oxygen atoms in total. The maximum absolute atomic E-state index is 10.7. The van der Waals surface area contributed by atoms with Gasteiger partial charge in [-0.05, 0) is 43.9 Å². The molecule has 2 amide bonds. The van der Waals surface area contributed by atoms with E-state index in [2.05, 4.69) is 24.5 Å². The van der Waals surface area contributed by atoms with E-state index < -0.39 is 6.03 Å².